The number of benzene rings is 1. The van der Waals surface area contributed by atoms with Gasteiger partial charge in [-0.3, -0.25) is 24.0 Å². The SMILES string of the molecule is CC(C)[C@@H]1C(=O)C(C(N)=O)C(=O)[C@@]2(O)C(=O)C3C(=O)c4c(O)c(CNc5ccccn5)cc(N(C)C)c4C[C@H]3C[C@@H]12. The van der Waals surface area contributed by atoms with E-state index in [1.165, 1.54) is 0 Å². The summed E-state index contributed by atoms with van der Waals surface area (Å²) in [4.78, 5) is 73.1. The number of hydrogen-bond donors (Lipinski definition) is 4. The number of nitrogens with two attached hydrogens (primary N) is 1. The predicted octanol–water partition coefficient (Wildman–Crippen LogP) is 1.28. The molecule has 5 rings (SSSR count). The van der Waals surface area contributed by atoms with Gasteiger partial charge in [0.05, 0.1) is 11.5 Å². The van der Waals surface area contributed by atoms with Gasteiger partial charge >= 0.3 is 0 Å². The molecule has 0 aliphatic heterocycles. The second-order valence-electron chi connectivity index (χ2n) is 11.9. The second kappa shape index (κ2) is 10.1. The molecule has 2 aromatic rings. The first kappa shape index (κ1) is 28.4. The number of Topliss-reactive ketones (excluding diaryl/α,β-unsaturated/α-hetero) is 4. The minimum absolute atomic E-state index is 0.0307. The van der Waals surface area contributed by atoms with Crippen molar-refractivity contribution in [2.45, 2.75) is 38.8 Å². The summed E-state index contributed by atoms with van der Waals surface area (Å²) in [5, 5.41) is 26.2. The Hall–Kier alpha value is -4.12. The lowest BCUT2D eigenvalue weighted by Gasteiger charge is -2.52. The zero-order chi connectivity index (χ0) is 30.0. The second-order valence-corrected chi connectivity index (χ2v) is 11.9. The molecule has 1 aromatic carbocycles. The highest BCUT2D eigenvalue weighted by molar-refractivity contribution is 6.32. The molecule has 1 heterocycles. The molecule has 3 aliphatic carbocycles. The van der Waals surface area contributed by atoms with Crippen molar-refractivity contribution < 1.29 is 34.2 Å². The summed E-state index contributed by atoms with van der Waals surface area (Å²) in [5.41, 5.74) is 4.29. The molecule has 216 valence electrons. The average molecular weight is 563 g/mol. The van der Waals surface area contributed by atoms with Crippen LogP contribution in [0.2, 0.25) is 0 Å². The van der Waals surface area contributed by atoms with Crippen molar-refractivity contribution in [1.82, 2.24) is 4.98 Å². The highest BCUT2D eigenvalue weighted by Crippen LogP contribution is 2.54. The topological polar surface area (TPSA) is 180 Å². The minimum Gasteiger partial charge on any atom is -0.507 e. The van der Waals surface area contributed by atoms with Crippen LogP contribution in [0.5, 0.6) is 5.75 Å². The van der Waals surface area contributed by atoms with E-state index in [-0.39, 0.29) is 30.7 Å². The van der Waals surface area contributed by atoms with Gasteiger partial charge in [0.1, 0.15) is 11.6 Å². The molecule has 11 nitrogen and oxygen atoms in total. The smallest absolute Gasteiger partial charge is 0.235 e. The van der Waals surface area contributed by atoms with Crippen LogP contribution in [-0.4, -0.2) is 63.9 Å². The van der Waals surface area contributed by atoms with Gasteiger partial charge in [-0.25, -0.2) is 4.98 Å². The van der Waals surface area contributed by atoms with Gasteiger partial charge in [-0.15, -0.1) is 0 Å². The number of nitrogens with zero attached hydrogens (tertiary/aromatic N) is 2. The highest BCUT2D eigenvalue weighted by atomic mass is 16.3. The molecule has 5 N–H and O–H groups in total. The summed E-state index contributed by atoms with van der Waals surface area (Å²) in [5.74, 6) is -11.1. The molecule has 0 spiro atoms. The molecule has 0 bridgehead atoms. The lowest BCUT2D eigenvalue weighted by atomic mass is 9.49. The number of anilines is 2. The van der Waals surface area contributed by atoms with Crippen LogP contribution in [-0.2, 0) is 32.1 Å². The fourth-order valence-corrected chi connectivity index (χ4v) is 7.14. The number of carbonyl (C=O) groups is 5. The number of rotatable bonds is 6. The number of fused-ring (bicyclic) bond motifs is 3. The number of phenols is 1. The van der Waals surface area contributed by atoms with Crippen molar-refractivity contribution >= 4 is 40.5 Å². The van der Waals surface area contributed by atoms with E-state index in [0.29, 0.717) is 22.6 Å². The van der Waals surface area contributed by atoms with Gasteiger partial charge in [-0.2, -0.15) is 0 Å². The van der Waals surface area contributed by atoms with Gasteiger partial charge < -0.3 is 26.2 Å². The van der Waals surface area contributed by atoms with Gasteiger partial charge in [0.15, 0.2) is 34.7 Å². The van der Waals surface area contributed by atoms with Crippen molar-refractivity contribution in [2.75, 3.05) is 24.3 Å². The molecule has 11 heteroatoms. The largest absolute Gasteiger partial charge is 0.507 e. The van der Waals surface area contributed by atoms with E-state index in [2.05, 4.69) is 10.3 Å². The number of carbonyl (C=O) groups excluding carboxylic acids is 5. The Balaban J connectivity index is 1.60. The van der Waals surface area contributed by atoms with Gasteiger partial charge in [-0.1, -0.05) is 19.9 Å². The molecule has 2 unspecified atom stereocenters. The number of aliphatic hydroxyl groups is 1. The predicted molar refractivity (Wildman–Crippen MR) is 148 cm³/mol. The van der Waals surface area contributed by atoms with E-state index < -0.39 is 70.1 Å². The van der Waals surface area contributed by atoms with Crippen LogP contribution >= 0.6 is 0 Å². The lowest BCUT2D eigenvalue weighted by molar-refractivity contribution is -0.182. The van der Waals surface area contributed by atoms with E-state index in [9.17, 15) is 34.2 Å². The molecule has 1 aromatic heterocycles. The summed E-state index contributed by atoms with van der Waals surface area (Å²) in [7, 11) is 3.61. The quantitative estimate of drug-likeness (QED) is 0.375. The number of hydrogen-bond acceptors (Lipinski definition) is 10. The standard InChI is InChI=1S/C30H34N4O7/c1-13(2)20-17-10-14-9-16-18(34(3)4)11-15(12-33-19-7-5-6-8-32-19)24(35)22(16)26(37)21(14)27(38)30(17,41)28(39)23(25(20)36)29(31)40/h5-8,11,13-14,17,20-21,23,35,41H,9-10,12H2,1-4H3,(H2,31,40)(H,32,33)/t14-,17-,20-,21?,23?,30-/m0/s1. The zero-order valence-electron chi connectivity index (χ0n) is 23.4. The Morgan fingerprint density at radius 2 is 1.90 bits per heavy atom. The Morgan fingerprint density at radius 1 is 1.20 bits per heavy atom. The molecule has 41 heavy (non-hydrogen) atoms. The van der Waals surface area contributed by atoms with Crippen LogP contribution < -0.4 is 16.0 Å². The van der Waals surface area contributed by atoms with Crippen LogP contribution in [0.4, 0.5) is 11.5 Å². The lowest BCUT2D eigenvalue weighted by Crippen LogP contribution is -2.71. The Morgan fingerprint density at radius 3 is 2.49 bits per heavy atom. The number of nitrogens with one attached hydrogen (secondary N) is 1. The van der Waals surface area contributed by atoms with Gasteiger partial charge in [-0.05, 0) is 48.4 Å². The first-order valence-electron chi connectivity index (χ1n) is 13.7. The van der Waals surface area contributed by atoms with Gasteiger partial charge in [0, 0.05) is 49.9 Å². The van der Waals surface area contributed by atoms with E-state index >= 15 is 0 Å². The summed E-state index contributed by atoms with van der Waals surface area (Å²) in [6.07, 6.45) is 1.87. The summed E-state index contributed by atoms with van der Waals surface area (Å²) in [6.45, 7) is 3.57. The molecule has 1 amide bonds. The number of aromatic hydroxyl groups is 1. The third-order valence-electron chi connectivity index (χ3n) is 8.97. The number of pyridine rings is 1. The van der Waals surface area contributed by atoms with E-state index in [4.69, 9.17) is 5.73 Å². The summed E-state index contributed by atoms with van der Waals surface area (Å²) < 4.78 is 0. The zero-order valence-corrected chi connectivity index (χ0v) is 23.4. The minimum atomic E-state index is -2.71. The number of primary amides is 1. The van der Waals surface area contributed by atoms with Crippen molar-refractivity contribution in [3.05, 3.63) is 47.2 Å². The molecule has 2 fully saturated rings. The van der Waals surface area contributed by atoms with Crippen LogP contribution in [0.25, 0.3) is 0 Å². The number of ketones is 4. The van der Waals surface area contributed by atoms with E-state index in [1.54, 1.807) is 58.4 Å². The fourth-order valence-electron chi connectivity index (χ4n) is 7.14. The maximum Gasteiger partial charge on any atom is 0.235 e. The third kappa shape index (κ3) is 4.21. The van der Waals surface area contributed by atoms with Crippen LogP contribution in [0.3, 0.4) is 0 Å². The Labute approximate surface area is 237 Å². The first-order chi connectivity index (χ1) is 19.3. The average Bonchev–Trinajstić information content (AvgIpc) is 2.90. The molecule has 0 saturated heterocycles. The van der Waals surface area contributed by atoms with Crippen LogP contribution in [0.15, 0.2) is 30.5 Å². The number of phenolic OH excluding ortho intramolecular Hbond substituents is 1. The Kier molecular flexibility index (Phi) is 6.97. The monoisotopic (exact) mass is 562 g/mol. The normalized spacial score (nSPS) is 29.1. The third-order valence-corrected chi connectivity index (χ3v) is 8.97. The van der Waals surface area contributed by atoms with E-state index in [1.807, 2.05) is 4.90 Å². The van der Waals surface area contributed by atoms with E-state index in [0.717, 1.165) is 0 Å². The summed E-state index contributed by atoms with van der Waals surface area (Å²) in [6, 6.07) is 7.10. The molecule has 2 saturated carbocycles. The molecule has 3 aliphatic rings. The summed E-state index contributed by atoms with van der Waals surface area (Å²) >= 11 is 0. The van der Waals surface area contributed by atoms with Crippen molar-refractivity contribution in [2.24, 2.45) is 41.2 Å². The molecule has 6 atom stereocenters. The van der Waals surface area contributed by atoms with Gasteiger partial charge in [0.2, 0.25) is 5.91 Å². The maximum atomic E-state index is 14.1. The maximum absolute atomic E-state index is 14.1. The fraction of sp³-hybridized carbons (Fsp3) is 0.467. The van der Waals surface area contributed by atoms with Crippen molar-refractivity contribution in [3.63, 3.8) is 0 Å². The molecular weight excluding hydrogens is 528 g/mol. The van der Waals surface area contributed by atoms with Crippen molar-refractivity contribution in [1.29, 1.82) is 0 Å². The first-order valence-corrected chi connectivity index (χ1v) is 13.7. The molecular formula is C30H34N4O7. The van der Waals surface area contributed by atoms with Crippen LogP contribution in [0, 0.1) is 35.5 Å². The van der Waals surface area contributed by atoms with Gasteiger partial charge in [0.25, 0.3) is 0 Å². The van der Waals surface area contributed by atoms with Crippen LogP contribution in [0.1, 0.15) is 41.8 Å². The Bertz CT molecular complexity index is 1470. The number of amides is 1. The molecule has 0 radical (unpaired) electrons. The highest BCUT2D eigenvalue weighted by Gasteiger charge is 2.69. The van der Waals surface area contributed by atoms with Crippen molar-refractivity contribution in [3.8, 4) is 5.75 Å². The number of aromatic nitrogens is 1.